The third kappa shape index (κ3) is 4.59. The van der Waals surface area contributed by atoms with Crippen LogP contribution in [0.5, 0.6) is 0 Å². The highest BCUT2D eigenvalue weighted by atomic mass is 16.5. The molecule has 4 aromatic rings. The molecule has 1 aromatic heterocycles. The second kappa shape index (κ2) is 9.31. The highest BCUT2D eigenvalue weighted by molar-refractivity contribution is 6.00. The average Bonchev–Trinajstić information content (AvgIpc) is 3.16. The fourth-order valence-corrected chi connectivity index (χ4v) is 3.55. The molecule has 0 aliphatic heterocycles. The van der Waals surface area contributed by atoms with E-state index in [9.17, 15) is 9.59 Å². The predicted octanol–water partition coefficient (Wildman–Crippen LogP) is 4.55. The number of nitrogens with zero attached hydrogens (tertiary/aromatic N) is 2. The third-order valence-corrected chi connectivity index (χ3v) is 5.20. The largest absolute Gasteiger partial charge is 0.465 e. The van der Waals surface area contributed by atoms with Crippen molar-refractivity contribution in [2.24, 2.45) is 5.10 Å². The molecule has 3 aromatic carbocycles. The SMILES string of the molecule is COC(=O)c1cccc(Cn2cc(/C=N\NC(=O)c3ccc(C)cc3)c3ccccc32)c1. The van der Waals surface area contributed by atoms with Crippen molar-refractivity contribution < 1.29 is 14.3 Å². The summed E-state index contributed by atoms with van der Waals surface area (Å²) >= 11 is 0. The summed E-state index contributed by atoms with van der Waals surface area (Å²) in [5.41, 5.74) is 7.64. The fourth-order valence-electron chi connectivity index (χ4n) is 3.55. The van der Waals surface area contributed by atoms with Gasteiger partial charge < -0.3 is 9.30 Å². The van der Waals surface area contributed by atoms with Gasteiger partial charge in [0.1, 0.15) is 0 Å². The smallest absolute Gasteiger partial charge is 0.337 e. The van der Waals surface area contributed by atoms with Crippen molar-refractivity contribution in [1.29, 1.82) is 0 Å². The number of para-hydroxylation sites is 1. The van der Waals surface area contributed by atoms with E-state index < -0.39 is 0 Å². The Morgan fingerprint density at radius 3 is 2.56 bits per heavy atom. The Labute approximate surface area is 186 Å². The molecule has 0 unspecified atom stereocenters. The van der Waals surface area contributed by atoms with Crippen LogP contribution in [0.2, 0.25) is 0 Å². The number of hydrazone groups is 1. The highest BCUT2D eigenvalue weighted by Crippen LogP contribution is 2.21. The summed E-state index contributed by atoms with van der Waals surface area (Å²) in [5.74, 6) is -0.619. The number of amides is 1. The van der Waals surface area contributed by atoms with Crippen LogP contribution in [-0.4, -0.2) is 29.8 Å². The van der Waals surface area contributed by atoms with Gasteiger partial charge in [0.25, 0.3) is 5.91 Å². The van der Waals surface area contributed by atoms with Crippen molar-refractivity contribution in [3.05, 3.63) is 107 Å². The van der Waals surface area contributed by atoms with Crippen molar-refractivity contribution in [2.45, 2.75) is 13.5 Å². The first kappa shape index (κ1) is 21.1. The second-order valence-corrected chi connectivity index (χ2v) is 7.49. The number of fused-ring (bicyclic) bond motifs is 1. The first-order valence-corrected chi connectivity index (χ1v) is 10.2. The molecule has 6 heteroatoms. The van der Waals surface area contributed by atoms with Crippen LogP contribution in [0.25, 0.3) is 10.9 Å². The van der Waals surface area contributed by atoms with E-state index in [1.807, 2.05) is 67.7 Å². The van der Waals surface area contributed by atoms with E-state index in [0.717, 1.165) is 27.6 Å². The molecule has 1 heterocycles. The minimum Gasteiger partial charge on any atom is -0.465 e. The molecule has 160 valence electrons. The van der Waals surface area contributed by atoms with Gasteiger partial charge in [-0.3, -0.25) is 4.79 Å². The summed E-state index contributed by atoms with van der Waals surface area (Å²) in [4.78, 5) is 24.1. The van der Waals surface area contributed by atoms with Gasteiger partial charge in [0, 0.05) is 34.8 Å². The van der Waals surface area contributed by atoms with Crippen LogP contribution in [0.3, 0.4) is 0 Å². The molecule has 0 atom stereocenters. The van der Waals surface area contributed by atoms with E-state index in [1.54, 1.807) is 24.4 Å². The molecule has 0 saturated heterocycles. The number of aryl methyl sites for hydroxylation is 1. The first-order valence-electron chi connectivity index (χ1n) is 10.2. The van der Waals surface area contributed by atoms with E-state index in [1.165, 1.54) is 7.11 Å². The van der Waals surface area contributed by atoms with Crippen LogP contribution in [0.4, 0.5) is 0 Å². The van der Waals surface area contributed by atoms with Crippen LogP contribution in [0.1, 0.15) is 37.4 Å². The number of rotatable bonds is 6. The first-order chi connectivity index (χ1) is 15.5. The van der Waals surface area contributed by atoms with Gasteiger partial charge in [-0.25, -0.2) is 10.2 Å². The number of carbonyl (C=O) groups excluding carboxylic acids is 2. The Balaban J connectivity index is 1.56. The lowest BCUT2D eigenvalue weighted by Gasteiger charge is -2.07. The second-order valence-electron chi connectivity index (χ2n) is 7.49. The molecule has 0 radical (unpaired) electrons. The molecule has 0 saturated carbocycles. The van der Waals surface area contributed by atoms with E-state index in [2.05, 4.69) is 15.1 Å². The molecule has 0 aliphatic carbocycles. The van der Waals surface area contributed by atoms with Crippen LogP contribution in [0.15, 0.2) is 84.1 Å². The Morgan fingerprint density at radius 1 is 1.00 bits per heavy atom. The van der Waals surface area contributed by atoms with Gasteiger partial charge in [0.15, 0.2) is 0 Å². The maximum Gasteiger partial charge on any atom is 0.337 e. The number of carbonyl (C=O) groups is 2. The molecule has 32 heavy (non-hydrogen) atoms. The number of esters is 1. The van der Waals surface area contributed by atoms with Gasteiger partial charge in [-0.1, -0.05) is 48.0 Å². The lowest BCUT2D eigenvalue weighted by atomic mass is 10.1. The number of hydrogen-bond donors (Lipinski definition) is 1. The van der Waals surface area contributed by atoms with Crippen LogP contribution < -0.4 is 5.43 Å². The summed E-state index contributed by atoms with van der Waals surface area (Å²) in [6, 6.07) is 22.7. The maximum atomic E-state index is 12.3. The Morgan fingerprint density at radius 2 is 1.78 bits per heavy atom. The van der Waals surface area contributed by atoms with Crippen molar-refractivity contribution >= 4 is 29.0 Å². The average molecular weight is 425 g/mol. The monoisotopic (exact) mass is 425 g/mol. The van der Waals surface area contributed by atoms with Crippen molar-refractivity contribution in [2.75, 3.05) is 7.11 Å². The third-order valence-electron chi connectivity index (χ3n) is 5.20. The van der Waals surface area contributed by atoms with Crippen LogP contribution in [-0.2, 0) is 11.3 Å². The zero-order valence-corrected chi connectivity index (χ0v) is 17.9. The summed E-state index contributed by atoms with van der Waals surface area (Å²) in [5, 5.41) is 5.18. The molecule has 0 bridgehead atoms. The molecular weight excluding hydrogens is 402 g/mol. The van der Waals surface area contributed by atoms with Crippen LogP contribution in [0, 0.1) is 6.92 Å². The van der Waals surface area contributed by atoms with Crippen LogP contribution >= 0.6 is 0 Å². The number of benzene rings is 3. The van der Waals surface area contributed by atoms with Gasteiger partial charge in [-0.05, 0) is 42.8 Å². The Hall–Kier alpha value is -4.19. The molecule has 1 N–H and O–H groups in total. The summed E-state index contributed by atoms with van der Waals surface area (Å²) in [7, 11) is 1.37. The van der Waals surface area contributed by atoms with E-state index in [4.69, 9.17) is 4.74 Å². The topological polar surface area (TPSA) is 72.7 Å². The molecule has 1 amide bonds. The maximum absolute atomic E-state index is 12.3. The van der Waals surface area contributed by atoms with Gasteiger partial charge in [-0.2, -0.15) is 5.10 Å². The molecule has 0 aliphatic rings. The Bertz CT molecular complexity index is 1300. The summed E-state index contributed by atoms with van der Waals surface area (Å²) in [6.45, 7) is 2.55. The molecule has 0 spiro atoms. The van der Waals surface area contributed by atoms with Gasteiger partial charge in [0.05, 0.1) is 18.9 Å². The number of nitrogens with one attached hydrogen (secondary N) is 1. The van der Waals surface area contributed by atoms with Gasteiger partial charge in [-0.15, -0.1) is 0 Å². The molecule has 0 fully saturated rings. The van der Waals surface area contributed by atoms with Crippen molar-refractivity contribution in [3.63, 3.8) is 0 Å². The minimum atomic E-state index is -0.360. The Kier molecular flexibility index (Phi) is 6.12. The zero-order valence-electron chi connectivity index (χ0n) is 17.9. The predicted molar refractivity (Wildman–Crippen MR) is 125 cm³/mol. The molecule has 4 rings (SSSR count). The number of hydrogen-bond acceptors (Lipinski definition) is 4. The summed E-state index contributed by atoms with van der Waals surface area (Å²) < 4.78 is 6.91. The van der Waals surface area contributed by atoms with Gasteiger partial charge >= 0.3 is 5.97 Å². The van der Waals surface area contributed by atoms with Crippen molar-refractivity contribution in [1.82, 2.24) is 9.99 Å². The highest BCUT2D eigenvalue weighted by Gasteiger charge is 2.10. The minimum absolute atomic E-state index is 0.260. The number of ether oxygens (including phenoxy) is 1. The van der Waals surface area contributed by atoms with E-state index in [-0.39, 0.29) is 11.9 Å². The lowest BCUT2D eigenvalue weighted by molar-refractivity contribution is 0.0600. The van der Waals surface area contributed by atoms with Crippen molar-refractivity contribution in [3.8, 4) is 0 Å². The zero-order chi connectivity index (χ0) is 22.5. The lowest BCUT2D eigenvalue weighted by Crippen LogP contribution is -2.17. The van der Waals surface area contributed by atoms with E-state index in [0.29, 0.717) is 17.7 Å². The molecular formula is C26H23N3O3. The summed E-state index contributed by atoms with van der Waals surface area (Å²) in [6.07, 6.45) is 3.63. The van der Waals surface area contributed by atoms with Gasteiger partial charge in [0.2, 0.25) is 0 Å². The quantitative estimate of drug-likeness (QED) is 0.280. The number of aromatic nitrogens is 1. The fraction of sp³-hybridized carbons (Fsp3) is 0.115. The normalized spacial score (nSPS) is 11.1. The standard InChI is InChI=1S/C26H23N3O3/c1-18-10-12-20(13-11-18)25(30)28-27-15-22-17-29(24-9-4-3-8-23(22)24)16-19-6-5-7-21(14-19)26(31)32-2/h3-15,17H,16H2,1-2H3,(H,28,30)/b27-15-. The number of methoxy groups -OCH3 is 1. The molecule has 6 nitrogen and oxygen atoms in total. The van der Waals surface area contributed by atoms with E-state index >= 15 is 0 Å².